The first-order valence-electron chi connectivity index (χ1n) is 7.07. The summed E-state index contributed by atoms with van der Waals surface area (Å²) in [5, 5.41) is 8.38. The molecule has 1 rings (SSSR count). The Morgan fingerprint density at radius 1 is 1.10 bits per heavy atom. The van der Waals surface area contributed by atoms with Gasteiger partial charge < -0.3 is 27.4 Å². The molecule has 0 radical (unpaired) electrons. The highest BCUT2D eigenvalue weighted by atomic mass is 16.2. The van der Waals surface area contributed by atoms with Crippen LogP contribution in [0.2, 0.25) is 0 Å². The fourth-order valence-corrected chi connectivity index (χ4v) is 1.73. The number of rotatable bonds is 10. The van der Waals surface area contributed by atoms with Crippen LogP contribution >= 0.6 is 0 Å². The van der Waals surface area contributed by atoms with Crippen LogP contribution in [0.25, 0.3) is 0 Å². The van der Waals surface area contributed by atoms with E-state index in [-0.39, 0.29) is 18.1 Å². The molecule has 0 aromatic heterocycles. The van der Waals surface area contributed by atoms with E-state index in [9.17, 15) is 14.4 Å². The summed E-state index contributed by atoms with van der Waals surface area (Å²) in [4.78, 5) is 34.2. The van der Waals surface area contributed by atoms with Gasteiger partial charge in [-0.05, 0) is 6.42 Å². The summed E-state index contributed by atoms with van der Waals surface area (Å²) in [6, 6.07) is -0.734. The Bertz CT molecular complexity index is 536. The average molecular weight is 297 g/mol. The van der Waals surface area contributed by atoms with E-state index in [4.69, 9.17) is 11.5 Å². The van der Waals surface area contributed by atoms with Crippen LogP contribution in [-0.4, -0.2) is 38.1 Å². The van der Waals surface area contributed by atoms with Crippen molar-refractivity contribution < 1.29 is 4.79 Å². The summed E-state index contributed by atoms with van der Waals surface area (Å²) in [5.41, 5.74) is 10.3. The first kappa shape index (κ1) is 17.1. The third-order valence-corrected chi connectivity index (χ3v) is 3.06. The summed E-state index contributed by atoms with van der Waals surface area (Å²) in [5.74, 6) is -0.342. The molecular formula is C13H23N5O3. The predicted molar refractivity (Wildman–Crippen MR) is 83.3 cm³/mol. The van der Waals surface area contributed by atoms with Gasteiger partial charge in [-0.15, -0.1) is 0 Å². The minimum absolute atomic E-state index is 0.0723. The van der Waals surface area contributed by atoms with E-state index in [1.165, 1.54) is 0 Å². The Kier molecular flexibility index (Phi) is 6.83. The van der Waals surface area contributed by atoms with Crippen LogP contribution in [-0.2, 0) is 4.79 Å². The Labute approximate surface area is 123 Å². The number of amides is 1. The highest BCUT2D eigenvalue weighted by molar-refractivity contribution is 5.81. The van der Waals surface area contributed by atoms with Crippen molar-refractivity contribution in [3.8, 4) is 0 Å². The van der Waals surface area contributed by atoms with Gasteiger partial charge in [-0.2, -0.15) is 0 Å². The standard InChI is InChI=1S/C13H23N5O3/c1-2-3-4-16-9-10(12(20)11(9)19)17-5-6-18-13(21)8(15)7-14/h8,16-17H,2-7,14-15H2,1H3,(H,18,21)/t8-/m1/s1. The van der Waals surface area contributed by atoms with Crippen molar-refractivity contribution >= 4 is 17.3 Å². The molecule has 7 N–H and O–H groups in total. The summed E-state index contributed by atoms with van der Waals surface area (Å²) in [7, 11) is 0. The van der Waals surface area contributed by atoms with Gasteiger partial charge in [-0.25, -0.2) is 0 Å². The van der Waals surface area contributed by atoms with Gasteiger partial charge in [0.25, 0.3) is 10.9 Å². The van der Waals surface area contributed by atoms with Crippen molar-refractivity contribution in [2.75, 3.05) is 36.8 Å². The second-order valence-electron chi connectivity index (χ2n) is 4.75. The Balaban J connectivity index is 2.39. The zero-order valence-corrected chi connectivity index (χ0v) is 12.2. The van der Waals surface area contributed by atoms with Gasteiger partial charge in [0.15, 0.2) is 0 Å². The van der Waals surface area contributed by atoms with Crippen LogP contribution in [0.5, 0.6) is 0 Å². The first-order valence-corrected chi connectivity index (χ1v) is 7.07. The quantitative estimate of drug-likeness (QED) is 0.256. The fourth-order valence-electron chi connectivity index (χ4n) is 1.73. The summed E-state index contributed by atoms with van der Waals surface area (Å²) >= 11 is 0. The lowest BCUT2D eigenvalue weighted by Crippen LogP contribution is -2.46. The molecule has 0 aliphatic carbocycles. The van der Waals surface area contributed by atoms with E-state index in [2.05, 4.69) is 16.0 Å². The zero-order chi connectivity index (χ0) is 15.8. The largest absolute Gasteiger partial charge is 0.380 e. The highest BCUT2D eigenvalue weighted by Gasteiger charge is 2.19. The Morgan fingerprint density at radius 3 is 2.19 bits per heavy atom. The molecule has 1 amide bonds. The molecular weight excluding hydrogens is 274 g/mol. The average Bonchev–Trinajstić information content (AvgIpc) is 2.50. The number of carbonyl (C=O) groups excluding carboxylic acids is 1. The van der Waals surface area contributed by atoms with Gasteiger partial charge in [0.05, 0.1) is 6.04 Å². The van der Waals surface area contributed by atoms with E-state index in [1.807, 2.05) is 6.92 Å². The van der Waals surface area contributed by atoms with Crippen molar-refractivity contribution in [3.63, 3.8) is 0 Å². The molecule has 8 heteroatoms. The second kappa shape index (κ2) is 8.38. The second-order valence-corrected chi connectivity index (χ2v) is 4.75. The predicted octanol–water partition coefficient (Wildman–Crippen LogP) is -1.69. The molecule has 0 aliphatic heterocycles. The van der Waals surface area contributed by atoms with Gasteiger partial charge in [0.1, 0.15) is 11.4 Å². The summed E-state index contributed by atoms with van der Waals surface area (Å²) < 4.78 is 0. The first-order chi connectivity index (χ1) is 10.0. The fraction of sp³-hybridized carbons (Fsp3) is 0.615. The van der Waals surface area contributed by atoms with Gasteiger partial charge in [0.2, 0.25) is 5.91 Å². The van der Waals surface area contributed by atoms with Gasteiger partial charge in [0, 0.05) is 26.2 Å². The SMILES string of the molecule is CCCCNc1c(NCCNC(=O)[C@H](N)CN)c(=O)c1=O. The van der Waals surface area contributed by atoms with Crippen molar-refractivity contribution in [1.29, 1.82) is 0 Å². The van der Waals surface area contributed by atoms with E-state index in [0.717, 1.165) is 12.8 Å². The molecule has 118 valence electrons. The molecule has 0 unspecified atom stereocenters. The maximum absolute atomic E-state index is 11.5. The minimum atomic E-state index is -0.734. The lowest BCUT2D eigenvalue weighted by Gasteiger charge is -2.15. The van der Waals surface area contributed by atoms with E-state index in [1.54, 1.807) is 0 Å². The topological polar surface area (TPSA) is 139 Å². The van der Waals surface area contributed by atoms with Crippen LogP contribution in [0.15, 0.2) is 9.59 Å². The normalized spacial score (nSPS) is 12.1. The molecule has 0 saturated heterocycles. The Hall–Kier alpha value is -1.93. The number of nitrogens with two attached hydrogens (primary N) is 2. The molecule has 0 bridgehead atoms. The third-order valence-electron chi connectivity index (χ3n) is 3.06. The third kappa shape index (κ3) is 4.54. The minimum Gasteiger partial charge on any atom is -0.380 e. The highest BCUT2D eigenvalue weighted by Crippen LogP contribution is 2.13. The Morgan fingerprint density at radius 2 is 1.67 bits per heavy atom. The van der Waals surface area contributed by atoms with Gasteiger partial charge >= 0.3 is 0 Å². The molecule has 21 heavy (non-hydrogen) atoms. The number of unbranched alkanes of at least 4 members (excludes halogenated alkanes) is 1. The van der Waals surface area contributed by atoms with Crippen molar-refractivity contribution in [2.24, 2.45) is 11.5 Å². The van der Waals surface area contributed by atoms with Crippen LogP contribution < -0.4 is 38.3 Å². The molecule has 0 aliphatic rings. The molecule has 1 atom stereocenters. The molecule has 0 heterocycles. The number of nitrogens with one attached hydrogen (secondary N) is 3. The molecule has 0 spiro atoms. The summed E-state index contributed by atoms with van der Waals surface area (Å²) in [6.07, 6.45) is 1.92. The molecule has 8 nitrogen and oxygen atoms in total. The van der Waals surface area contributed by atoms with Crippen molar-refractivity contribution in [3.05, 3.63) is 20.4 Å². The molecule has 0 saturated carbocycles. The number of carbonyl (C=O) groups is 1. The zero-order valence-electron chi connectivity index (χ0n) is 12.2. The monoisotopic (exact) mass is 297 g/mol. The number of hydrogen-bond donors (Lipinski definition) is 5. The maximum Gasteiger partial charge on any atom is 0.253 e. The molecule has 1 aromatic rings. The summed E-state index contributed by atoms with van der Waals surface area (Å²) in [6.45, 7) is 3.38. The van der Waals surface area contributed by atoms with Gasteiger partial charge in [-0.3, -0.25) is 14.4 Å². The number of hydrogen-bond acceptors (Lipinski definition) is 7. The van der Waals surface area contributed by atoms with Crippen LogP contribution in [0.4, 0.5) is 11.4 Å². The smallest absolute Gasteiger partial charge is 0.253 e. The molecule has 1 aromatic carbocycles. The van der Waals surface area contributed by atoms with Crippen LogP contribution in [0, 0.1) is 0 Å². The van der Waals surface area contributed by atoms with E-state index >= 15 is 0 Å². The lowest BCUT2D eigenvalue weighted by molar-refractivity contribution is -0.122. The van der Waals surface area contributed by atoms with E-state index < -0.39 is 16.9 Å². The van der Waals surface area contributed by atoms with Crippen molar-refractivity contribution in [1.82, 2.24) is 5.32 Å². The lowest BCUT2D eigenvalue weighted by atomic mass is 10.2. The van der Waals surface area contributed by atoms with Gasteiger partial charge in [-0.1, -0.05) is 13.3 Å². The maximum atomic E-state index is 11.5. The van der Waals surface area contributed by atoms with Crippen molar-refractivity contribution in [2.45, 2.75) is 25.8 Å². The molecule has 0 fully saturated rings. The number of anilines is 2. The van der Waals surface area contributed by atoms with Crippen LogP contribution in [0.1, 0.15) is 19.8 Å². The van der Waals surface area contributed by atoms with Crippen LogP contribution in [0.3, 0.4) is 0 Å². The van der Waals surface area contributed by atoms with E-state index in [0.29, 0.717) is 25.3 Å².